The van der Waals surface area contributed by atoms with Crippen molar-refractivity contribution in [2.75, 3.05) is 0 Å². The molecule has 0 amide bonds. The van der Waals surface area contributed by atoms with Crippen molar-refractivity contribution in [1.82, 2.24) is 0 Å². The SMILES string of the molecule is Cc1[se]c(C(=O)O)c(C)c1[N+](=O)[O-]. The molecule has 0 saturated carbocycles. The molecular weight excluding hydrogens is 241 g/mol. The molecule has 0 aliphatic rings. The molecule has 0 unspecified atom stereocenters. The van der Waals surface area contributed by atoms with E-state index in [9.17, 15) is 14.9 Å². The van der Waals surface area contributed by atoms with Crippen LogP contribution >= 0.6 is 0 Å². The molecule has 1 N–H and O–H groups in total. The van der Waals surface area contributed by atoms with Gasteiger partial charge in [0.1, 0.15) is 0 Å². The van der Waals surface area contributed by atoms with Gasteiger partial charge in [0.25, 0.3) is 0 Å². The second-order valence-electron chi connectivity index (χ2n) is 2.52. The molecule has 13 heavy (non-hydrogen) atoms. The van der Waals surface area contributed by atoms with Crippen LogP contribution < -0.4 is 0 Å². The number of carbonyl (C=O) groups is 1. The van der Waals surface area contributed by atoms with Crippen molar-refractivity contribution in [2.45, 2.75) is 13.8 Å². The molecule has 0 bridgehead atoms. The second-order valence-corrected chi connectivity index (χ2v) is 5.09. The number of aromatic carboxylic acids is 1. The first-order valence-electron chi connectivity index (χ1n) is 3.42. The topological polar surface area (TPSA) is 80.4 Å². The monoisotopic (exact) mass is 249 g/mol. The summed E-state index contributed by atoms with van der Waals surface area (Å²) in [6.45, 7) is 3.09. The van der Waals surface area contributed by atoms with Gasteiger partial charge in [0.2, 0.25) is 0 Å². The molecule has 0 fully saturated rings. The molecule has 6 heteroatoms. The predicted molar refractivity (Wildman–Crippen MR) is 46.5 cm³/mol. The van der Waals surface area contributed by atoms with Crippen LogP contribution in [0.4, 0.5) is 5.69 Å². The normalized spacial score (nSPS) is 10.0. The molecule has 0 saturated heterocycles. The van der Waals surface area contributed by atoms with Crippen molar-refractivity contribution in [3.05, 3.63) is 24.6 Å². The number of aryl methyl sites for hydroxylation is 1. The van der Waals surface area contributed by atoms with Gasteiger partial charge in [-0.15, -0.1) is 0 Å². The summed E-state index contributed by atoms with van der Waals surface area (Å²) in [5.74, 6) is -1.05. The molecule has 1 heterocycles. The Labute approximate surface area is 79.9 Å². The number of rotatable bonds is 2. The minimum atomic E-state index is -1.05. The maximum atomic E-state index is 10.6. The van der Waals surface area contributed by atoms with E-state index in [1.807, 2.05) is 0 Å². The standard InChI is InChI=1S/C7H7NO4Se/c1-3-5(8(11)12)4(2)13-6(3)7(9)10/h1-2H3,(H,9,10). The Morgan fingerprint density at radius 3 is 2.31 bits per heavy atom. The number of carboxylic acids is 1. The van der Waals surface area contributed by atoms with Gasteiger partial charge in [-0.1, -0.05) is 0 Å². The first kappa shape index (κ1) is 9.95. The van der Waals surface area contributed by atoms with Crippen LogP contribution in [-0.2, 0) is 0 Å². The van der Waals surface area contributed by atoms with E-state index in [1.165, 1.54) is 6.92 Å². The average molecular weight is 248 g/mol. The number of hydrogen-bond donors (Lipinski definition) is 1. The quantitative estimate of drug-likeness (QED) is 0.480. The third-order valence-electron chi connectivity index (χ3n) is 1.66. The van der Waals surface area contributed by atoms with E-state index in [2.05, 4.69) is 0 Å². The van der Waals surface area contributed by atoms with E-state index in [0.29, 0.717) is 10.0 Å². The third-order valence-corrected chi connectivity index (χ3v) is 4.15. The van der Waals surface area contributed by atoms with Crippen molar-refractivity contribution in [2.24, 2.45) is 0 Å². The Hall–Kier alpha value is -1.13. The Kier molecular flexibility index (Phi) is 2.54. The zero-order valence-electron chi connectivity index (χ0n) is 7.03. The fraction of sp³-hybridized carbons (Fsp3) is 0.286. The van der Waals surface area contributed by atoms with E-state index in [0.717, 1.165) is 0 Å². The zero-order valence-corrected chi connectivity index (χ0v) is 8.74. The summed E-state index contributed by atoms with van der Waals surface area (Å²) in [6, 6.07) is 0. The van der Waals surface area contributed by atoms with Crippen LogP contribution in [0.25, 0.3) is 0 Å². The van der Waals surface area contributed by atoms with Gasteiger partial charge in [-0.05, 0) is 0 Å². The third kappa shape index (κ3) is 1.63. The molecule has 5 nitrogen and oxygen atoms in total. The molecule has 0 aliphatic carbocycles. The van der Waals surface area contributed by atoms with Gasteiger partial charge in [0, 0.05) is 0 Å². The summed E-state index contributed by atoms with van der Waals surface area (Å²) in [6.07, 6.45) is 0. The van der Waals surface area contributed by atoms with Gasteiger partial charge in [-0.25, -0.2) is 0 Å². The van der Waals surface area contributed by atoms with Crippen LogP contribution in [0.1, 0.15) is 19.2 Å². The fourth-order valence-corrected chi connectivity index (χ4v) is 3.15. The van der Waals surface area contributed by atoms with Crippen LogP contribution in [0.2, 0.25) is 0 Å². The van der Waals surface area contributed by atoms with Crippen molar-refractivity contribution in [3.8, 4) is 0 Å². The number of carboxylic acid groups (broad SMARTS) is 1. The molecule has 1 rings (SSSR count). The summed E-state index contributed by atoms with van der Waals surface area (Å²) < 4.78 is 0.768. The van der Waals surface area contributed by atoms with Crippen molar-refractivity contribution < 1.29 is 14.8 Å². The average Bonchev–Trinajstić information content (AvgIpc) is 2.26. The van der Waals surface area contributed by atoms with E-state index in [-0.39, 0.29) is 10.1 Å². The Balaban J connectivity index is 3.39. The predicted octanol–water partition coefficient (Wildman–Crippen LogP) is 0.967. The van der Waals surface area contributed by atoms with Gasteiger partial charge in [0.15, 0.2) is 0 Å². The van der Waals surface area contributed by atoms with Gasteiger partial charge < -0.3 is 0 Å². The Morgan fingerprint density at radius 2 is 2.08 bits per heavy atom. The fourth-order valence-electron chi connectivity index (χ4n) is 1.12. The summed E-state index contributed by atoms with van der Waals surface area (Å²) in [4.78, 5) is 20.6. The van der Waals surface area contributed by atoms with Crippen molar-refractivity contribution >= 4 is 26.2 Å². The molecule has 0 spiro atoms. The van der Waals surface area contributed by atoms with Crippen LogP contribution in [0.5, 0.6) is 0 Å². The van der Waals surface area contributed by atoms with E-state index < -0.39 is 25.4 Å². The van der Waals surface area contributed by atoms with Gasteiger partial charge in [0.05, 0.1) is 0 Å². The summed E-state index contributed by atoms with van der Waals surface area (Å²) >= 11 is -0.391. The number of nitrogens with zero attached hydrogens (tertiary/aromatic N) is 1. The first-order chi connectivity index (χ1) is 5.95. The molecule has 1 aromatic rings. The van der Waals surface area contributed by atoms with Gasteiger partial charge in [-0.3, -0.25) is 0 Å². The molecule has 1 aromatic heterocycles. The Bertz CT molecular complexity index is 382. The molecule has 70 valence electrons. The van der Waals surface area contributed by atoms with Crippen molar-refractivity contribution in [1.29, 1.82) is 0 Å². The molecular formula is C7H7NO4Se. The summed E-state index contributed by atoms with van der Waals surface area (Å²) in [5.41, 5.74) is 0.285. The van der Waals surface area contributed by atoms with E-state index >= 15 is 0 Å². The number of nitro groups is 1. The van der Waals surface area contributed by atoms with Gasteiger partial charge in [-0.2, -0.15) is 0 Å². The summed E-state index contributed by atoms with van der Waals surface area (Å²) in [5, 5.41) is 19.2. The number of hydrogen-bond acceptors (Lipinski definition) is 3. The first-order valence-corrected chi connectivity index (χ1v) is 5.14. The van der Waals surface area contributed by atoms with E-state index in [4.69, 9.17) is 5.11 Å². The summed E-state index contributed by atoms with van der Waals surface area (Å²) in [7, 11) is 0. The second kappa shape index (κ2) is 3.32. The van der Waals surface area contributed by atoms with Crippen LogP contribution in [0, 0.1) is 24.0 Å². The minimum absolute atomic E-state index is 0.0163. The van der Waals surface area contributed by atoms with Crippen LogP contribution in [-0.4, -0.2) is 30.5 Å². The molecule has 0 aromatic carbocycles. The zero-order chi connectivity index (χ0) is 10.2. The Morgan fingerprint density at radius 1 is 1.54 bits per heavy atom. The van der Waals surface area contributed by atoms with Gasteiger partial charge >= 0.3 is 79.4 Å². The molecule has 0 atom stereocenters. The van der Waals surface area contributed by atoms with E-state index in [1.54, 1.807) is 6.92 Å². The van der Waals surface area contributed by atoms with Crippen molar-refractivity contribution in [3.63, 3.8) is 0 Å². The molecule has 0 aliphatic heterocycles. The van der Waals surface area contributed by atoms with Crippen LogP contribution in [0.15, 0.2) is 0 Å². The van der Waals surface area contributed by atoms with Crippen LogP contribution in [0.3, 0.4) is 0 Å². The molecule has 0 radical (unpaired) electrons. The maximum absolute atomic E-state index is 10.6.